The average Bonchev–Trinajstić information content (AvgIpc) is 2.27. The van der Waals surface area contributed by atoms with Crippen molar-refractivity contribution in [2.24, 2.45) is 0 Å². The fourth-order valence-corrected chi connectivity index (χ4v) is 2.34. The largest absolute Gasteiger partial charge is 0.384 e. The van der Waals surface area contributed by atoms with E-state index in [0.717, 1.165) is 11.3 Å². The van der Waals surface area contributed by atoms with Crippen LogP contribution in [0.5, 0.6) is 0 Å². The molecule has 0 aromatic heterocycles. The molecule has 0 saturated heterocycles. The molecule has 18 heavy (non-hydrogen) atoms. The fourth-order valence-electron chi connectivity index (χ4n) is 1.35. The quantitative estimate of drug-likeness (QED) is 0.850. The maximum absolute atomic E-state index is 11.9. The highest BCUT2D eigenvalue weighted by Crippen LogP contribution is 2.16. The summed E-state index contributed by atoms with van der Waals surface area (Å²) in [6, 6.07) is 7.36. The Morgan fingerprint density at radius 1 is 1.33 bits per heavy atom. The van der Waals surface area contributed by atoms with Crippen LogP contribution in [0.2, 0.25) is 0 Å². The van der Waals surface area contributed by atoms with Crippen LogP contribution in [0, 0.1) is 12.3 Å². The number of anilines is 1. The first kappa shape index (κ1) is 14.6. The molecule has 0 fully saturated rings. The Bertz CT molecular complexity index is 548. The van der Waals surface area contributed by atoms with Crippen molar-refractivity contribution < 1.29 is 8.42 Å². The van der Waals surface area contributed by atoms with Crippen LogP contribution in [0.25, 0.3) is 0 Å². The number of hydrogen-bond donors (Lipinski definition) is 1. The monoisotopic (exact) mass is 265 g/mol. The second-order valence-electron chi connectivity index (χ2n) is 5.08. The standard InChI is InChI=1S/C14H19NO2S/c1-5-12-7-6-8-13(11-12)15-9-10-18(16,17)14(2,3)4/h1,6-8,11,15H,9-10H2,2-4H3. The van der Waals surface area contributed by atoms with Gasteiger partial charge in [-0.15, -0.1) is 6.42 Å². The minimum absolute atomic E-state index is 0.108. The molecule has 0 atom stereocenters. The van der Waals surface area contributed by atoms with E-state index in [2.05, 4.69) is 11.2 Å². The molecule has 0 aliphatic heterocycles. The van der Waals surface area contributed by atoms with Crippen molar-refractivity contribution in [1.82, 2.24) is 0 Å². The van der Waals surface area contributed by atoms with E-state index >= 15 is 0 Å². The zero-order valence-electron chi connectivity index (χ0n) is 11.0. The maximum atomic E-state index is 11.9. The van der Waals surface area contributed by atoms with Gasteiger partial charge in [-0.3, -0.25) is 0 Å². The third-order valence-electron chi connectivity index (χ3n) is 2.66. The molecule has 0 heterocycles. The SMILES string of the molecule is C#Cc1cccc(NCCS(=O)(=O)C(C)(C)C)c1. The lowest BCUT2D eigenvalue weighted by Crippen LogP contribution is -2.32. The van der Waals surface area contributed by atoms with E-state index in [1.165, 1.54) is 0 Å². The van der Waals surface area contributed by atoms with Crippen molar-refractivity contribution in [2.45, 2.75) is 25.5 Å². The fraction of sp³-hybridized carbons (Fsp3) is 0.429. The molecule has 0 aliphatic rings. The molecule has 1 rings (SSSR count). The summed E-state index contributed by atoms with van der Waals surface area (Å²) in [6.07, 6.45) is 5.30. The van der Waals surface area contributed by atoms with Crippen molar-refractivity contribution >= 4 is 15.5 Å². The van der Waals surface area contributed by atoms with Gasteiger partial charge in [0.05, 0.1) is 10.5 Å². The summed E-state index contributed by atoms with van der Waals surface area (Å²) in [5.41, 5.74) is 1.62. The van der Waals surface area contributed by atoms with E-state index in [1.807, 2.05) is 24.3 Å². The Hall–Kier alpha value is -1.47. The van der Waals surface area contributed by atoms with Crippen molar-refractivity contribution in [3.05, 3.63) is 29.8 Å². The van der Waals surface area contributed by atoms with E-state index < -0.39 is 14.6 Å². The van der Waals surface area contributed by atoms with Crippen molar-refractivity contribution in [3.8, 4) is 12.3 Å². The first-order valence-electron chi connectivity index (χ1n) is 5.79. The van der Waals surface area contributed by atoms with Crippen molar-refractivity contribution in [2.75, 3.05) is 17.6 Å². The number of terminal acetylenes is 1. The van der Waals surface area contributed by atoms with Crippen molar-refractivity contribution in [1.29, 1.82) is 0 Å². The highest BCUT2D eigenvalue weighted by Gasteiger charge is 2.28. The summed E-state index contributed by atoms with van der Waals surface area (Å²) in [5, 5.41) is 3.07. The number of benzene rings is 1. The van der Waals surface area contributed by atoms with Gasteiger partial charge >= 0.3 is 0 Å². The van der Waals surface area contributed by atoms with Gasteiger partial charge in [0.1, 0.15) is 0 Å². The molecule has 0 unspecified atom stereocenters. The predicted molar refractivity (Wildman–Crippen MR) is 76.4 cm³/mol. The summed E-state index contributed by atoms with van der Waals surface area (Å²) < 4.78 is 23.1. The zero-order valence-corrected chi connectivity index (χ0v) is 11.8. The Labute approximate surface area is 110 Å². The van der Waals surface area contributed by atoms with Gasteiger partial charge in [-0.05, 0) is 39.0 Å². The van der Waals surface area contributed by atoms with Crippen LogP contribution in [-0.2, 0) is 9.84 Å². The van der Waals surface area contributed by atoms with Crippen LogP contribution in [0.1, 0.15) is 26.3 Å². The van der Waals surface area contributed by atoms with E-state index in [4.69, 9.17) is 6.42 Å². The first-order chi connectivity index (χ1) is 8.26. The second-order valence-corrected chi connectivity index (χ2v) is 7.95. The average molecular weight is 265 g/mol. The van der Waals surface area contributed by atoms with Crippen LogP contribution < -0.4 is 5.32 Å². The van der Waals surface area contributed by atoms with Gasteiger partial charge in [-0.2, -0.15) is 0 Å². The van der Waals surface area contributed by atoms with Crippen LogP contribution >= 0.6 is 0 Å². The molecule has 0 saturated carbocycles. The topological polar surface area (TPSA) is 46.2 Å². The van der Waals surface area contributed by atoms with Gasteiger partial charge in [0, 0.05) is 17.8 Å². The normalized spacial score (nSPS) is 11.9. The van der Waals surface area contributed by atoms with Gasteiger partial charge in [-0.25, -0.2) is 8.42 Å². The molecular formula is C14H19NO2S. The Morgan fingerprint density at radius 2 is 2.00 bits per heavy atom. The summed E-state index contributed by atoms with van der Waals surface area (Å²) in [7, 11) is -3.09. The molecule has 0 aliphatic carbocycles. The van der Waals surface area contributed by atoms with Crippen LogP contribution in [0.15, 0.2) is 24.3 Å². The van der Waals surface area contributed by atoms with Gasteiger partial charge in [-0.1, -0.05) is 12.0 Å². The van der Waals surface area contributed by atoms with E-state index in [9.17, 15) is 8.42 Å². The molecule has 4 heteroatoms. The molecule has 0 spiro atoms. The number of sulfone groups is 1. The molecule has 3 nitrogen and oxygen atoms in total. The van der Waals surface area contributed by atoms with Crippen LogP contribution in [0.3, 0.4) is 0 Å². The molecule has 0 amide bonds. The Kier molecular flexibility index (Phi) is 4.42. The third-order valence-corrected chi connectivity index (χ3v) is 5.27. The lowest BCUT2D eigenvalue weighted by molar-refractivity contribution is 0.560. The molecule has 1 aromatic rings. The smallest absolute Gasteiger partial charge is 0.156 e. The number of nitrogens with one attached hydrogen (secondary N) is 1. The zero-order chi connectivity index (χ0) is 13.8. The maximum Gasteiger partial charge on any atom is 0.156 e. The minimum atomic E-state index is -3.09. The summed E-state index contributed by atoms with van der Waals surface area (Å²) >= 11 is 0. The molecule has 1 aromatic carbocycles. The van der Waals surface area contributed by atoms with Crippen LogP contribution in [0.4, 0.5) is 5.69 Å². The molecular weight excluding hydrogens is 246 g/mol. The van der Waals surface area contributed by atoms with E-state index in [1.54, 1.807) is 20.8 Å². The Balaban J connectivity index is 2.60. The predicted octanol–water partition coefficient (Wildman–Crippen LogP) is 2.29. The summed E-state index contributed by atoms with van der Waals surface area (Å²) in [4.78, 5) is 0. The lowest BCUT2D eigenvalue weighted by atomic mass is 10.2. The number of rotatable bonds is 4. The number of hydrogen-bond acceptors (Lipinski definition) is 3. The molecule has 0 bridgehead atoms. The lowest BCUT2D eigenvalue weighted by Gasteiger charge is -2.19. The highest BCUT2D eigenvalue weighted by atomic mass is 32.2. The van der Waals surface area contributed by atoms with Gasteiger partial charge in [0.25, 0.3) is 0 Å². The summed E-state index contributed by atoms with van der Waals surface area (Å²) in [5.74, 6) is 2.65. The molecule has 1 N–H and O–H groups in total. The second kappa shape index (κ2) is 5.45. The first-order valence-corrected chi connectivity index (χ1v) is 7.44. The Morgan fingerprint density at radius 3 is 2.56 bits per heavy atom. The highest BCUT2D eigenvalue weighted by molar-refractivity contribution is 7.92. The summed E-state index contributed by atoms with van der Waals surface area (Å²) in [6.45, 7) is 5.51. The van der Waals surface area contributed by atoms with Gasteiger partial charge < -0.3 is 5.32 Å². The van der Waals surface area contributed by atoms with Crippen molar-refractivity contribution in [3.63, 3.8) is 0 Å². The van der Waals surface area contributed by atoms with E-state index in [0.29, 0.717) is 6.54 Å². The van der Waals surface area contributed by atoms with E-state index in [-0.39, 0.29) is 5.75 Å². The molecule has 0 radical (unpaired) electrons. The van der Waals surface area contributed by atoms with Crippen LogP contribution in [-0.4, -0.2) is 25.5 Å². The minimum Gasteiger partial charge on any atom is -0.384 e. The van der Waals surface area contributed by atoms with Gasteiger partial charge in [0.2, 0.25) is 0 Å². The molecule has 98 valence electrons. The van der Waals surface area contributed by atoms with Gasteiger partial charge in [0.15, 0.2) is 9.84 Å². The third kappa shape index (κ3) is 3.78.